The summed E-state index contributed by atoms with van der Waals surface area (Å²) in [5, 5.41) is 0. The van der Waals surface area contributed by atoms with E-state index in [9.17, 15) is 0 Å². The summed E-state index contributed by atoms with van der Waals surface area (Å²) in [6.45, 7) is 0. The Hall–Kier alpha value is -0.802. The van der Waals surface area contributed by atoms with Crippen LogP contribution in [0.4, 0.5) is 0 Å². The molecule has 1 aromatic heterocycles. The van der Waals surface area contributed by atoms with Gasteiger partial charge in [-0.2, -0.15) is 0 Å². The van der Waals surface area contributed by atoms with Crippen molar-refractivity contribution in [1.29, 1.82) is 0 Å². The van der Waals surface area contributed by atoms with Gasteiger partial charge in [-0.05, 0) is 0 Å². The number of methoxy groups -OCH3 is 1. The van der Waals surface area contributed by atoms with Gasteiger partial charge in [0.25, 0.3) is 0 Å². The standard InChI is InChI=1S/C13H11AsCl3N3O/c1-21-9-5-2-8(3-6-9)4-7-10-18-11(13(15,16)17)20-12(14)19-10/h2-7H,14H2,1H3. The molecular weight excluding hydrogens is 395 g/mol. The summed E-state index contributed by atoms with van der Waals surface area (Å²) in [4.78, 5) is 12.4. The molecule has 0 fully saturated rings. The van der Waals surface area contributed by atoms with Gasteiger partial charge in [0.15, 0.2) is 0 Å². The van der Waals surface area contributed by atoms with E-state index in [1.165, 1.54) is 16.9 Å². The Labute approximate surface area is 146 Å². The SMILES string of the molecule is COc1ccc(C=Cc2nc([AsH2])nc(C(Cl)(Cl)Cl)n2)cc1. The van der Waals surface area contributed by atoms with Crippen molar-refractivity contribution in [3.05, 3.63) is 41.5 Å². The molecule has 0 aliphatic carbocycles. The van der Waals surface area contributed by atoms with Gasteiger partial charge in [-0.25, -0.2) is 0 Å². The molecule has 110 valence electrons. The fourth-order valence-electron chi connectivity index (χ4n) is 1.50. The molecule has 0 radical (unpaired) electrons. The molecule has 8 heteroatoms. The maximum absolute atomic E-state index is 5.80. The van der Waals surface area contributed by atoms with Gasteiger partial charge in [-0.1, -0.05) is 0 Å². The minimum absolute atomic E-state index is 0.122. The van der Waals surface area contributed by atoms with Crippen molar-refractivity contribution >= 4 is 68.4 Å². The molecule has 2 rings (SSSR count). The zero-order valence-corrected chi connectivity index (χ0v) is 15.6. The molecule has 0 bridgehead atoms. The Bertz CT molecular complexity index is 657. The first-order valence-electron chi connectivity index (χ1n) is 5.79. The first kappa shape index (κ1) is 16.6. The number of alkyl halides is 3. The fourth-order valence-corrected chi connectivity index (χ4v) is 2.28. The molecule has 0 aliphatic rings. The van der Waals surface area contributed by atoms with Gasteiger partial charge in [0.1, 0.15) is 0 Å². The van der Waals surface area contributed by atoms with Crippen molar-refractivity contribution in [2.45, 2.75) is 3.79 Å². The molecule has 0 spiro atoms. The summed E-state index contributed by atoms with van der Waals surface area (Å²) >= 11 is 18.6. The summed E-state index contributed by atoms with van der Waals surface area (Å²) < 4.78 is 3.99. The number of hydrogen-bond donors (Lipinski definition) is 0. The average Bonchev–Trinajstić information content (AvgIpc) is 2.44. The third-order valence-electron chi connectivity index (χ3n) is 2.46. The molecule has 0 saturated heterocycles. The van der Waals surface area contributed by atoms with Crippen LogP contribution in [0.3, 0.4) is 0 Å². The quantitative estimate of drug-likeness (QED) is 0.579. The topological polar surface area (TPSA) is 47.9 Å². The van der Waals surface area contributed by atoms with E-state index < -0.39 is 3.79 Å². The van der Waals surface area contributed by atoms with Gasteiger partial charge in [-0.3, -0.25) is 0 Å². The molecule has 1 unspecified atom stereocenters. The van der Waals surface area contributed by atoms with E-state index in [2.05, 4.69) is 15.0 Å². The second-order valence-corrected chi connectivity index (χ2v) is 7.34. The monoisotopic (exact) mass is 405 g/mol. The predicted octanol–water partition coefficient (Wildman–Crippen LogP) is 2.14. The molecule has 0 aliphatic heterocycles. The van der Waals surface area contributed by atoms with Gasteiger partial charge in [0.05, 0.1) is 0 Å². The molecule has 21 heavy (non-hydrogen) atoms. The van der Waals surface area contributed by atoms with Crippen LogP contribution in [-0.4, -0.2) is 38.9 Å². The summed E-state index contributed by atoms with van der Waals surface area (Å²) in [6, 6.07) is 7.58. The molecule has 2 aromatic rings. The third-order valence-corrected chi connectivity index (χ3v) is 3.51. The zero-order valence-electron chi connectivity index (χ0n) is 10.9. The Morgan fingerprint density at radius 3 is 2.29 bits per heavy atom. The number of aromatic nitrogens is 3. The normalized spacial score (nSPS) is 11.9. The second-order valence-electron chi connectivity index (χ2n) is 3.98. The van der Waals surface area contributed by atoms with Gasteiger partial charge in [0, 0.05) is 0 Å². The number of ether oxygens (including phenoxy) is 1. The van der Waals surface area contributed by atoms with Crippen LogP contribution in [0.5, 0.6) is 5.75 Å². The van der Waals surface area contributed by atoms with Crippen LogP contribution >= 0.6 is 34.8 Å². The maximum atomic E-state index is 5.80. The molecule has 0 saturated carbocycles. The van der Waals surface area contributed by atoms with Gasteiger partial charge in [0.2, 0.25) is 0 Å². The summed E-state index contributed by atoms with van der Waals surface area (Å²) in [7, 11) is 1.62. The van der Waals surface area contributed by atoms with Gasteiger partial charge >= 0.3 is 146 Å². The van der Waals surface area contributed by atoms with Crippen LogP contribution in [0, 0.1) is 0 Å². The number of halogens is 3. The van der Waals surface area contributed by atoms with Crippen molar-refractivity contribution in [3.63, 3.8) is 0 Å². The van der Waals surface area contributed by atoms with Crippen LogP contribution in [0.1, 0.15) is 17.2 Å². The Morgan fingerprint density at radius 2 is 1.71 bits per heavy atom. The third kappa shape index (κ3) is 4.86. The van der Waals surface area contributed by atoms with Crippen molar-refractivity contribution in [1.82, 2.24) is 15.0 Å². The first-order chi connectivity index (χ1) is 9.88. The molecule has 4 nitrogen and oxygen atoms in total. The van der Waals surface area contributed by atoms with E-state index in [-0.39, 0.29) is 5.82 Å². The molecule has 0 amide bonds. The van der Waals surface area contributed by atoms with E-state index in [1.54, 1.807) is 13.2 Å². The van der Waals surface area contributed by atoms with E-state index in [1.807, 2.05) is 30.3 Å². The van der Waals surface area contributed by atoms with Crippen LogP contribution < -0.4 is 9.35 Å². The van der Waals surface area contributed by atoms with E-state index in [4.69, 9.17) is 39.5 Å². The molecule has 0 N–H and O–H groups in total. The summed E-state index contributed by atoms with van der Waals surface area (Å²) in [6.07, 6.45) is 3.61. The van der Waals surface area contributed by atoms with Crippen LogP contribution in [0.15, 0.2) is 24.3 Å². The molecule has 1 heterocycles. The van der Waals surface area contributed by atoms with Crippen molar-refractivity contribution < 1.29 is 4.74 Å². The van der Waals surface area contributed by atoms with E-state index >= 15 is 0 Å². The van der Waals surface area contributed by atoms with Crippen molar-refractivity contribution in [2.75, 3.05) is 7.11 Å². The Balaban J connectivity index is 2.25. The zero-order chi connectivity index (χ0) is 15.5. The fraction of sp³-hybridized carbons (Fsp3) is 0.154. The van der Waals surface area contributed by atoms with E-state index in [0.29, 0.717) is 10.4 Å². The van der Waals surface area contributed by atoms with Crippen molar-refractivity contribution in [3.8, 4) is 5.75 Å². The average molecular weight is 407 g/mol. The second kappa shape index (κ2) is 6.97. The van der Waals surface area contributed by atoms with Crippen LogP contribution in [-0.2, 0) is 3.79 Å². The predicted molar refractivity (Wildman–Crippen MR) is 89.2 cm³/mol. The minimum atomic E-state index is -1.66. The number of nitrogens with zero attached hydrogens (tertiary/aromatic N) is 3. The number of rotatable bonds is 3. The summed E-state index contributed by atoms with van der Waals surface area (Å²) in [5.41, 5.74) is 0.981. The molecular formula is C13H11AsCl3N3O. The Morgan fingerprint density at radius 1 is 1.05 bits per heavy atom. The van der Waals surface area contributed by atoms with Crippen LogP contribution in [0.2, 0.25) is 0 Å². The molecule has 1 atom stereocenters. The van der Waals surface area contributed by atoms with Gasteiger partial charge in [-0.15, -0.1) is 0 Å². The Kier molecular flexibility index (Phi) is 5.50. The first-order valence-corrected chi connectivity index (χ1v) is 8.14. The number of hydrogen-bond acceptors (Lipinski definition) is 4. The van der Waals surface area contributed by atoms with E-state index in [0.717, 1.165) is 11.3 Å². The van der Waals surface area contributed by atoms with Gasteiger partial charge < -0.3 is 0 Å². The number of benzene rings is 1. The van der Waals surface area contributed by atoms with Crippen molar-refractivity contribution in [2.24, 2.45) is 0 Å². The molecule has 1 aromatic carbocycles. The summed E-state index contributed by atoms with van der Waals surface area (Å²) in [5.74, 6) is 1.36. The van der Waals surface area contributed by atoms with Crippen LogP contribution in [0.25, 0.3) is 12.2 Å².